The smallest absolute Gasteiger partial charge is 0.475 e. The number of carbonyl (C=O) groups excluding carboxylic acids is 1. The molecular weight excluding hydrogens is 407 g/mol. The number of nitrogens with one attached hydrogen (secondary N) is 2. The molecule has 0 aromatic carbocycles. The summed E-state index contributed by atoms with van der Waals surface area (Å²) in [4.78, 5) is 31.5. The second-order valence-electron chi connectivity index (χ2n) is 7.51. The molecule has 9 nitrogen and oxygen atoms in total. The van der Waals surface area contributed by atoms with Crippen molar-refractivity contribution in [1.29, 1.82) is 0 Å². The summed E-state index contributed by atoms with van der Waals surface area (Å²) in [5, 5.41) is 13.5. The van der Waals surface area contributed by atoms with Gasteiger partial charge in [-0.15, -0.1) is 0 Å². The van der Waals surface area contributed by atoms with Gasteiger partial charge in [-0.1, -0.05) is 0 Å². The van der Waals surface area contributed by atoms with Gasteiger partial charge < -0.3 is 25.4 Å². The van der Waals surface area contributed by atoms with Crippen molar-refractivity contribution in [1.82, 2.24) is 20.2 Å². The highest BCUT2D eigenvalue weighted by Gasteiger charge is 2.42. The van der Waals surface area contributed by atoms with Crippen molar-refractivity contribution >= 4 is 17.9 Å². The van der Waals surface area contributed by atoms with Gasteiger partial charge in [0.25, 0.3) is 0 Å². The zero-order valence-electron chi connectivity index (χ0n) is 16.1. The molecule has 30 heavy (non-hydrogen) atoms. The molecule has 1 saturated carbocycles. The van der Waals surface area contributed by atoms with E-state index in [1.807, 2.05) is 4.90 Å². The molecule has 3 fully saturated rings. The number of rotatable bonds is 4. The highest BCUT2D eigenvalue weighted by molar-refractivity contribution is 5.75. The van der Waals surface area contributed by atoms with E-state index in [2.05, 4.69) is 20.6 Å². The number of hydrogen-bond donors (Lipinski definition) is 3. The second kappa shape index (κ2) is 9.45. The SMILES string of the molecule is O=C(NC1CC1)N1CC[C@H]2CO[C@H](CNc3ncccn3)[C@H]2C1.O=C(O)C(F)(F)F. The molecule has 1 aromatic heterocycles. The molecule has 0 spiro atoms. The summed E-state index contributed by atoms with van der Waals surface area (Å²) in [7, 11) is 0. The average molecular weight is 431 g/mol. The van der Waals surface area contributed by atoms with Crippen molar-refractivity contribution < 1.29 is 32.6 Å². The molecule has 3 atom stereocenters. The van der Waals surface area contributed by atoms with Gasteiger partial charge >= 0.3 is 18.2 Å². The summed E-state index contributed by atoms with van der Waals surface area (Å²) in [6.07, 6.45) is 1.74. The summed E-state index contributed by atoms with van der Waals surface area (Å²) < 4.78 is 37.7. The van der Waals surface area contributed by atoms with Crippen LogP contribution in [-0.4, -0.2) is 76.5 Å². The first-order chi connectivity index (χ1) is 14.2. The largest absolute Gasteiger partial charge is 0.490 e. The lowest BCUT2D eigenvalue weighted by Crippen LogP contribution is -2.50. The molecule has 2 amide bonds. The summed E-state index contributed by atoms with van der Waals surface area (Å²) >= 11 is 0. The fourth-order valence-corrected chi connectivity index (χ4v) is 3.50. The Morgan fingerprint density at radius 2 is 1.90 bits per heavy atom. The van der Waals surface area contributed by atoms with Crippen molar-refractivity contribution in [2.45, 2.75) is 37.6 Å². The number of ether oxygens (including phenoxy) is 1. The van der Waals surface area contributed by atoms with Crippen LogP contribution in [0.25, 0.3) is 0 Å². The Morgan fingerprint density at radius 3 is 2.50 bits per heavy atom. The summed E-state index contributed by atoms with van der Waals surface area (Å²) in [6.45, 7) is 3.10. The van der Waals surface area contributed by atoms with Crippen LogP contribution in [0.5, 0.6) is 0 Å². The third-order valence-corrected chi connectivity index (χ3v) is 5.27. The molecule has 1 aliphatic carbocycles. The molecule has 3 heterocycles. The number of fused-ring (bicyclic) bond motifs is 1. The van der Waals surface area contributed by atoms with Crippen LogP contribution in [0.3, 0.4) is 0 Å². The molecular formula is C18H24F3N5O4. The average Bonchev–Trinajstić information content (AvgIpc) is 3.43. The molecule has 2 aliphatic heterocycles. The van der Waals surface area contributed by atoms with Gasteiger partial charge in [-0.3, -0.25) is 0 Å². The fourth-order valence-electron chi connectivity index (χ4n) is 3.50. The number of likely N-dealkylation sites (tertiary alicyclic amines) is 1. The Balaban J connectivity index is 0.000000318. The van der Waals surface area contributed by atoms with E-state index in [-0.39, 0.29) is 12.1 Å². The highest BCUT2D eigenvalue weighted by atomic mass is 19.4. The monoisotopic (exact) mass is 431 g/mol. The van der Waals surface area contributed by atoms with Crippen molar-refractivity contribution in [2.75, 3.05) is 31.6 Å². The number of alkyl halides is 3. The van der Waals surface area contributed by atoms with Crippen LogP contribution < -0.4 is 10.6 Å². The van der Waals surface area contributed by atoms with E-state index in [0.717, 1.165) is 39.0 Å². The Morgan fingerprint density at radius 1 is 1.23 bits per heavy atom. The third-order valence-electron chi connectivity index (χ3n) is 5.27. The predicted molar refractivity (Wildman–Crippen MR) is 98.7 cm³/mol. The second-order valence-corrected chi connectivity index (χ2v) is 7.51. The van der Waals surface area contributed by atoms with Crippen molar-refractivity contribution in [3.8, 4) is 0 Å². The van der Waals surface area contributed by atoms with Gasteiger partial charge in [0.15, 0.2) is 0 Å². The first-order valence-electron chi connectivity index (χ1n) is 9.72. The number of urea groups is 1. The quantitative estimate of drug-likeness (QED) is 0.665. The van der Waals surface area contributed by atoms with Crippen molar-refractivity contribution in [3.63, 3.8) is 0 Å². The van der Waals surface area contributed by atoms with Gasteiger partial charge in [-0.05, 0) is 31.2 Å². The topological polar surface area (TPSA) is 117 Å². The Bertz CT molecular complexity index is 732. The van der Waals surface area contributed by atoms with E-state index in [1.54, 1.807) is 18.5 Å². The fraction of sp³-hybridized carbons (Fsp3) is 0.667. The Hall–Kier alpha value is -2.63. The van der Waals surface area contributed by atoms with E-state index >= 15 is 0 Å². The zero-order chi connectivity index (χ0) is 21.7. The number of carbonyl (C=O) groups is 2. The minimum absolute atomic E-state index is 0.0935. The number of halogens is 3. The first-order valence-corrected chi connectivity index (χ1v) is 9.72. The van der Waals surface area contributed by atoms with Crippen LogP contribution in [0.2, 0.25) is 0 Å². The number of hydrogen-bond acceptors (Lipinski definition) is 6. The van der Waals surface area contributed by atoms with Crippen LogP contribution in [0.4, 0.5) is 23.9 Å². The third kappa shape index (κ3) is 6.18. The number of piperidine rings is 1. The van der Waals surface area contributed by atoms with Crippen LogP contribution in [0, 0.1) is 11.8 Å². The van der Waals surface area contributed by atoms with Crippen LogP contribution in [0.15, 0.2) is 18.5 Å². The lowest BCUT2D eigenvalue weighted by atomic mass is 9.84. The van der Waals surface area contributed by atoms with Crippen LogP contribution >= 0.6 is 0 Å². The summed E-state index contributed by atoms with van der Waals surface area (Å²) in [5.41, 5.74) is 0. The van der Waals surface area contributed by atoms with Crippen LogP contribution in [0.1, 0.15) is 19.3 Å². The predicted octanol–water partition coefficient (Wildman–Crippen LogP) is 1.73. The first kappa shape index (κ1) is 22.1. The van der Waals surface area contributed by atoms with E-state index in [9.17, 15) is 18.0 Å². The number of anilines is 1. The maximum atomic E-state index is 12.3. The molecule has 0 unspecified atom stereocenters. The number of amides is 2. The Kier molecular flexibility index (Phi) is 6.95. The molecule has 3 aliphatic rings. The minimum atomic E-state index is -5.08. The van der Waals surface area contributed by atoms with E-state index in [0.29, 0.717) is 30.4 Å². The maximum Gasteiger partial charge on any atom is 0.490 e. The Labute approximate surface area is 171 Å². The van der Waals surface area contributed by atoms with Gasteiger partial charge in [-0.25, -0.2) is 19.6 Å². The molecule has 4 rings (SSSR count). The van der Waals surface area contributed by atoms with E-state index in [4.69, 9.17) is 14.6 Å². The number of aromatic nitrogens is 2. The van der Waals surface area contributed by atoms with Gasteiger partial charge in [0, 0.05) is 44.0 Å². The van der Waals surface area contributed by atoms with Gasteiger partial charge in [-0.2, -0.15) is 13.2 Å². The molecule has 0 radical (unpaired) electrons. The normalized spacial score (nSPS) is 25.6. The molecule has 12 heteroatoms. The van der Waals surface area contributed by atoms with E-state index < -0.39 is 12.1 Å². The number of nitrogens with zero attached hydrogens (tertiary/aromatic N) is 3. The summed E-state index contributed by atoms with van der Waals surface area (Å²) in [6, 6.07) is 2.30. The van der Waals surface area contributed by atoms with Crippen molar-refractivity contribution in [2.24, 2.45) is 11.8 Å². The molecule has 2 saturated heterocycles. The lowest BCUT2D eigenvalue weighted by molar-refractivity contribution is -0.192. The number of aliphatic carboxylic acids is 1. The standard InChI is InChI=1S/C16H23N5O2.C2HF3O2/c22-16(20-12-2-3-12)21-7-4-11-10-23-14(13(11)9-21)8-19-15-17-5-1-6-18-15;3-2(4,5)1(6)7/h1,5-6,11-14H,2-4,7-10H2,(H,20,22)(H,17,18,19);(H,6,7)/t11-,13-,14+;/m0./s1. The van der Waals surface area contributed by atoms with E-state index in [1.165, 1.54) is 0 Å². The number of carboxylic acids is 1. The van der Waals surface area contributed by atoms with Crippen molar-refractivity contribution in [3.05, 3.63) is 18.5 Å². The van der Waals surface area contributed by atoms with Gasteiger partial charge in [0.1, 0.15) is 0 Å². The maximum absolute atomic E-state index is 12.3. The highest BCUT2D eigenvalue weighted by Crippen LogP contribution is 2.34. The number of carboxylic acid groups (broad SMARTS) is 1. The lowest BCUT2D eigenvalue weighted by Gasteiger charge is -2.36. The van der Waals surface area contributed by atoms with Crippen LogP contribution in [-0.2, 0) is 9.53 Å². The van der Waals surface area contributed by atoms with Gasteiger partial charge in [0.2, 0.25) is 5.95 Å². The molecule has 3 N–H and O–H groups in total. The zero-order valence-corrected chi connectivity index (χ0v) is 16.1. The molecule has 1 aromatic rings. The molecule has 0 bridgehead atoms. The molecule has 166 valence electrons. The summed E-state index contributed by atoms with van der Waals surface area (Å²) in [5.74, 6) is -1.18. The van der Waals surface area contributed by atoms with Gasteiger partial charge in [0.05, 0.1) is 12.7 Å². The minimum Gasteiger partial charge on any atom is -0.475 e.